The maximum Gasteiger partial charge on any atom is 0.0209 e. The van der Waals surface area contributed by atoms with E-state index >= 15 is 0 Å². The van der Waals surface area contributed by atoms with Crippen LogP contribution >= 0.6 is 0 Å². The number of hydrogen-bond donors (Lipinski definition) is 1. The van der Waals surface area contributed by atoms with Crippen molar-refractivity contribution in [1.82, 2.24) is 10.2 Å². The van der Waals surface area contributed by atoms with Crippen molar-refractivity contribution in [1.29, 1.82) is 0 Å². The number of rotatable bonds is 4. The third-order valence-corrected chi connectivity index (χ3v) is 4.01. The predicted octanol–water partition coefficient (Wildman–Crippen LogP) is 2.25. The van der Waals surface area contributed by atoms with Gasteiger partial charge in [0.05, 0.1) is 0 Å². The van der Waals surface area contributed by atoms with E-state index < -0.39 is 0 Å². The fourth-order valence-electron chi connectivity index (χ4n) is 3.06. The first-order chi connectivity index (χ1) is 7.07. The molecule has 1 heterocycles. The van der Waals surface area contributed by atoms with E-state index in [1.165, 1.54) is 45.3 Å². The minimum absolute atomic E-state index is 0.634. The number of nitrogens with zero attached hydrogens (tertiary/aromatic N) is 1. The zero-order chi connectivity index (χ0) is 10.9. The molecule has 0 bridgehead atoms. The second-order valence-electron chi connectivity index (χ2n) is 6.21. The van der Waals surface area contributed by atoms with E-state index in [9.17, 15) is 0 Å². The Hall–Kier alpha value is -0.0800. The molecule has 1 atom stereocenters. The Bertz CT molecular complexity index is 209. The molecular weight excluding hydrogens is 184 g/mol. The van der Waals surface area contributed by atoms with Crippen molar-refractivity contribution in [3.05, 3.63) is 0 Å². The second kappa shape index (κ2) is 4.42. The molecule has 2 heteroatoms. The summed E-state index contributed by atoms with van der Waals surface area (Å²) in [5, 5.41) is 3.65. The molecule has 88 valence electrons. The van der Waals surface area contributed by atoms with Crippen molar-refractivity contribution in [3.8, 4) is 0 Å². The lowest BCUT2D eigenvalue weighted by Crippen LogP contribution is -2.42. The van der Waals surface area contributed by atoms with Crippen LogP contribution in [-0.2, 0) is 0 Å². The van der Waals surface area contributed by atoms with Gasteiger partial charge >= 0.3 is 0 Å². The summed E-state index contributed by atoms with van der Waals surface area (Å²) in [6, 6.07) is 1.38. The van der Waals surface area contributed by atoms with Crippen LogP contribution in [0.5, 0.6) is 0 Å². The van der Waals surface area contributed by atoms with E-state index in [-0.39, 0.29) is 0 Å². The van der Waals surface area contributed by atoms with Crippen LogP contribution in [0.4, 0.5) is 0 Å². The van der Waals surface area contributed by atoms with E-state index in [0.29, 0.717) is 11.5 Å². The van der Waals surface area contributed by atoms with E-state index in [4.69, 9.17) is 0 Å². The quantitative estimate of drug-likeness (QED) is 0.765. The topological polar surface area (TPSA) is 15.3 Å². The van der Waals surface area contributed by atoms with Crippen LogP contribution < -0.4 is 5.32 Å². The monoisotopic (exact) mass is 210 g/mol. The summed E-state index contributed by atoms with van der Waals surface area (Å²) in [7, 11) is 0. The third-order valence-electron chi connectivity index (χ3n) is 4.01. The SMILES string of the molecule is CC(C)NC1CCN(CC2(C)CCC2)C1. The summed E-state index contributed by atoms with van der Waals surface area (Å²) in [6.07, 6.45) is 5.70. The van der Waals surface area contributed by atoms with Crippen molar-refractivity contribution < 1.29 is 0 Å². The van der Waals surface area contributed by atoms with Crippen molar-refractivity contribution >= 4 is 0 Å². The molecular formula is C13H26N2. The maximum atomic E-state index is 3.65. The smallest absolute Gasteiger partial charge is 0.0209 e. The molecule has 2 rings (SSSR count). The van der Waals surface area contributed by atoms with Gasteiger partial charge in [0, 0.05) is 25.2 Å². The molecule has 1 N–H and O–H groups in total. The number of likely N-dealkylation sites (tertiary alicyclic amines) is 1. The Labute approximate surface area is 94.4 Å². The molecule has 1 saturated carbocycles. The lowest BCUT2D eigenvalue weighted by atomic mass is 9.70. The molecule has 1 aliphatic carbocycles. The van der Waals surface area contributed by atoms with Gasteiger partial charge in [-0.05, 0) is 31.2 Å². The Balaban J connectivity index is 1.72. The second-order valence-corrected chi connectivity index (χ2v) is 6.21. The minimum Gasteiger partial charge on any atom is -0.310 e. The van der Waals surface area contributed by atoms with Crippen molar-refractivity contribution in [2.24, 2.45) is 5.41 Å². The summed E-state index contributed by atoms with van der Waals surface area (Å²) >= 11 is 0. The molecule has 15 heavy (non-hydrogen) atoms. The average Bonchev–Trinajstić information content (AvgIpc) is 2.48. The van der Waals surface area contributed by atoms with E-state index in [1.54, 1.807) is 0 Å². The Morgan fingerprint density at radius 2 is 2.13 bits per heavy atom. The summed E-state index contributed by atoms with van der Waals surface area (Å²) in [5.74, 6) is 0. The van der Waals surface area contributed by atoms with Gasteiger partial charge in [-0.25, -0.2) is 0 Å². The lowest BCUT2D eigenvalue weighted by molar-refractivity contribution is 0.0972. The van der Waals surface area contributed by atoms with E-state index in [2.05, 4.69) is 31.0 Å². The molecule has 1 aliphatic heterocycles. The summed E-state index contributed by atoms with van der Waals surface area (Å²) in [4.78, 5) is 2.67. The molecule has 0 aromatic heterocycles. The fraction of sp³-hybridized carbons (Fsp3) is 1.00. The lowest BCUT2D eigenvalue weighted by Gasteiger charge is -2.41. The van der Waals surface area contributed by atoms with Crippen LogP contribution in [0.2, 0.25) is 0 Å². The molecule has 1 unspecified atom stereocenters. The van der Waals surface area contributed by atoms with Crippen LogP contribution in [-0.4, -0.2) is 36.6 Å². The minimum atomic E-state index is 0.634. The van der Waals surface area contributed by atoms with Gasteiger partial charge in [0.2, 0.25) is 0 Å². The highest BCUT2D eigenvalue weighted by molar-refractivity contribution is 4.90. The zero-order valence-corrected chi connectivity index (χ0v) is 10.6. The highest BCUT2D eigenvalue weighted by atomic mass is 15.2. The number of nitrogens with one attached hydrogen (secondary N) is 1. The predicted molar refractivity (Wildman–Crippen MR) is 65.1 cm³/mol. The highest BCUT2D eigenvalue weighted by Crippen LogP contribution is 2.41. The molecule has 2 nitrogen and oxygen atoms in total. The van der Waals surface area contributed by atoms with Gasteiger partial charge in [-0.1, -0.05) is 27.2 Å². The molecule has 1 saturated heterocycles. The highest BCUT2D eigenvalue weighted by Gasteiger charge is 2.35. The van der Waals surface area contributed by atoms with Gasteiger partial charge < -0.3 is 10.2 Å². The van der Waals surface area contributed by atoms with Crippen molar-refractivity contribution in [2.75, 3.05) is 19.6 Å². The van der Waals surface area contributed by atoms with Gasteiger partial charge in [0.1, 0.15) is 0 Å². The van der Waals surface area contributed by atoms with Gasteiger partial charge in [-0.15, -0.1) is 0 Å². The molecule has 2 aliphatic rings. The normalized spacial score (nSPS) is 30.8. The van der Waals surface area contributed by atoms with Crippen molar-refractivity contribution in [2.45, 2.75) is 58.5 Å². The Morgan fingerprint density at radius 1 is 1.40 bits per heavy atom. The van der Waals surface area contributed by atoms with E-state index in [1.807, 2.05) is 0 Å². The maximum absolute atomic E-state index is 3.65. The van der Waals surface area contributed by atoms with E-state index in [0.717, 1.165) is 6.04 Å². The molecule has 0 radical (unpaired) electrons. The molecule has 0 amide bonds. The summed E-state index contributed by atoms with van der Waals surface area (Å²) in [5.41, 5.74) is 0.659. The first kappa shape index (κ1) is 11.4. The Morgan fingerprint density at radius 3 is 2.67 bits per heavy atom. The van der Waals surface area contributed by atoms with Crippen LogP contribution in [0.25, 0.3) is 0 Å². The molecule has 0 spiro atoms. The van der Waals surface area contributed by atoms with Crippen LogP contribution in [0.1, 0.15) is 46.5 Å². The summed E-state index contributed by atoms with van der Waals surface area (Å²) < 4.78 is 0. The molecule has 0 aromatic rings. The van der Waals surface area contributed by atoms with Gasteiger partial charge in [0.15, 0.2) is 0 Å². The largest absolute Gasteiger partial charge is 0.310 e. The van der Waals surface area contributed by atoms with Gasteiger partial charge in [-0.2, -0.15) is 0 Å². The van der Waals surface area contributed by atoms with Crippen molar-refractivity contribution in [3.63, 3.8) is 0 Å². The van der Waals surface area contributed by atoms with Crippen LogP contribution in [0, 0.1) is 5.41 Å². The van der Waals surface area contributed by atoms with Gasteiger partial charge in [0.25, 0.3) is 0 Å². The first-order valence-electron chi connectivity index (χ1n) is 6.56. The first-order valence-corrected chi connectivity index (χ1v) is 6.56. The Kier molecular flexibility index (Phi) is 3.36. The van der Waals surface area contributed by atoms with Crippen LogP contribution in [0.15, 0.2) is 0 Å². The average molecular weight is 210 g/mol. The summed E-state index contributed by atoms with van der Waals surface area (Å²) in [6.45, 7) is 10.9. The number of hydrogen-bond acceptors (Lipinski definition) is 2. The molecule has 0 aromatic carbocycles. The molecule has 2 fully saturated rings. The fourth-order valence-corrected chi connectivity index (χ4v) is 3.06. The third kappa shape index (κ3) is 2.94. The van der Waals surface area contributed by atoms with Gasteiger partial charge in [-0.3, -0.25) is 0 Å². The van der Waals surface area contributed by atoms with Crippen LogP contribution in [0.3, 0.4) is 0 Å². The standard InChI is InChI=1S/C13H26N2/c1-11(2)14-12-5-8-15(9-12)10-13(3)6-4-7-13/h11-12,14H,4-10H2,1-3H3. The zero-order valence-electron chi connectivity index (χ0n) is 10.6.